The molecule has 2 amide bonds. The number of alkyl halides is 3. The highest BCUT2D eigenvalue weighted by Gasteiger charge is 2.41. The highest BCUT2D eigenvalue weighted by Crippen LogP contribution is 2.39. The van der Waals surface area contributed by atoms with Gasteiger partial charge in [-0.05, 0) is 43.7 Å². The summed E-state index contributed by atoms with van der Waals surface area (Å²) in [5, 5.41) is 7.12. The number of aryl methyl sites for hydroxylation is 1. The quantitative estimate of drug-likeness (QED) is 0.761. The summed E-state index contributed by atoms with van der Waals surface area (Å²) in [6.45, 7) is 4.25. The molecule has 10 heteroatoms. The van der Waals surface area contributed by atoms with Crippen LogP contribution in [0, 0.1) is 12.3 Å². The lowest BCUT2D eigenvalue weighted by Gasteiger charge is -2.46. The lowest BCUT2D eigenvalue weighted by Crippen LogP contribution is -2.51. The number of aromatic nitrogens is 1. The third kappa shape index (κ3) is 5.91. The zero-order chi connectivity index (χ0) is 21.8. The molecule has 2 saturated heterocycles. The van der Waals surface area contributed by atoms with Crippen molar-refractivity contribution in [3.63, 3.8) is 0 Å². The van der Waals surface area contributed by atoms with Crippen LogP contribution in [0.5, 0.6) is 0 Å². The fourth-order valence-corrected chi connectivity index (χ4v) is 3.65. The van der Waals surface area contributed by atoms with E-state index in [1.165, 1.54) is 0 Å². The van der Waals surface area contributed by atoms with Crippen molar-refractivity contribution >= 4 is 17.8 Å². The van der Waals surface area contributed by atoms with E-state index < -0.39 is 12.1 Å². The summed E-state index contributed by atoms with van der Waals surface area (Å²) in [4.78, 5) is 41.2. The SMILES string of the molecule is Cc1cccc(C(=O)N2CCC3(CCC(=O)N(C)C3)CC2)n1.O=C(O)C(F)(F)F. The van der Waals surface area contributed by atoms with Crippen LogP contribution < -0.4 is 0 Å². The van der Waals surface area contributed by atoms with Crippen molar-refractivity contribution in [2.45, 2.75) is 38.8 Å². The Morgan fingerprint density at radius 1 is 1.17 bits per heavy atom. The molecule has 7 nitrogen and oxygen atoms in total. The van der Waals surface area contributed by atoms with Crippen molar-refractivity contribution in [3.8, 4) is 0 Å². The number of pyridine rings is 1. The fourth-order valence-electron chi connectivity index (χ4n) is 3.65. The first kappa shape index (κ1) is 22.6. The van der Waals surface area contributed by atoms with Gasteiger partial charge < -0.3 is 14.9 Å². The van der Waals surface area contributed by atoms with Crippen LogP contribution in [0.4, 0.5) is 13.2 Å². The number of carboxylic acid groups (broad SMARTS) is 1. The number of nitrogens with zero attached hydrogens (tertiary/aromatic N) is 3. The van der Waals surface area contributed by atoms with Gasteiger partial charge >= 0.3 is 12.1 Å². The van der Waals surface area contributed by atoms with Gasteiger partial charge in [0, 0.05) is 38.8 Å². The molecule has 3 rings (SSSR count). The third-order valence-corrected chi connectivity index (χ3v) is 5.33. The van der Waals surface area contributed by atoms with Crippen LogP contribution in [0.2, 0.25) is 0 Å². The molecule has 0 aromatic carbocycles. The number of piperidine rings is 2. The monoisotopic (exact) mass is 415 g/mol. The fraction of sp³-hybridized carbons (Fsp3) is 0.579. The second-order valence-electron chi connectivity index (χ2n) is 7.51. The van der Waals surface area contributed by atoms with E-state index in [1.54, 1.807) is 6.07 Å². The van der Waals surface area contributed by atoms with Gasteiger partial charge in [0.2, 0.25) is 5.91 Å². The Labute approximate surface area is 166 Å². The van der Waals surface area contributed by atoms with E-state index in [0.717, 1.165) is 44.6 Å². The van der Waals surface area contributed by atoms with Crippen molar-refractivity contribution in [2.75, 3.05) is 26.7 Å². The lowest BCUT2D eigenvalue weighted by atomic mass is 9.72. The first-order chi connectivity index (χ1) is 13.4. The number of carbonyl (C=O) groups excluding carboxylic acids is 2. The number of carboxylic acids is 1. The molecule has 3 heterocycles. The van der Waals surface area contributed by atoms with E-state index in [9.17, 15) is 22.8 Å². The number of likely N-dealkylation sites (tertiary alicyclic amines) is 2. The topological polar surface area (TPSA) is 90.8 Å². The Balaban J connectivity index is 0.000000370. The van der Waals surface area contributed by atoms with Gasteiger partial charge in [0.05, 0.1) is 0 Å². The van der Waals surface area contributed by atoms with E-state index in [1.807, 2.05) is 35.9 Å². The minimum Gasteiger partial charge on any atom is -0.475 e. The molecule has 2 aliphatic rings. The van der Waals surface area contributed by atoms with Gasteiger partial charge in [-0.1, -0.05) is 6.07 Å². The Kier molecular flexibility index (Phi) is 6.86. The van der Waals surface area contributed by atoms with Gasteiger partial charge in [-0.3, -0.25) is 9.59 Å². The molecule has 0 bridgehead atoms. The van der Waals surface area contributed by atoms with E-state index >= 15 is 0 Å². The number of halogens is 3. The molecule has 1 N–H and O–H groups in total. The summed E-state index contributed by atoms with van der Waals surface area (Å²) < 4.78 is 31.7. The Morgan fingerprint density at radius 2 is 1.76 bits per heavy atom. The summed E-state index contributed by atoms with van der Waals surface area (Å²) in [5.41, 5.74) is 1.61. The maximum atomic E-state index is 12.5. The lowest BCUT2D eigenvalue weighted by molar-refractivity contribution is -0.192. The van der Waals surface area contributed by atoms with Gasteiger partial charge in [0.25, 0.3) is 5.91 Å². The molecule has 2 fully saturated rings. The molecular weight excluding hydrogens is 391 g/mol. The van der Waals surface area contributed by atoms with Crippen LogP contribution in [-0.2, 0) is 9.59 Å². The standard InChI is InChI=1S/C17H23N3O2.C2HF3O2/c1-13-4-3-5-14(18-13)16(22)20-10-8-17(9-11-20)7-6-15(21)19(2)12-17;3-2(4,5)1(6)7/h3-5H,6-12H2,1-2H3;(H,6,7). The summed E-state index contributed by atoms with van der Waals surface area (Å²) in [6.07, 6.45) is -1.53. The van der Waals surface area contributed by atoms with Crippen molar-refractivity contribution in [1.82, 2.24) is 14.8 Å². The largest absolute Gasteiger partial charge is 0.490 e. The van der Waals surface area contributed by atoms with Crippen molar-refractivity contribution in [2.24, 2.45) is 5.41 Å². The summed E-state index contributed by atoms with van der Waals surface area (Å²) >= 11 is 0. The second kappa shape index (κ2) is 8.79. The van der Waals surface area contributed by atoms with Crippen molar-refractivity contribution < 1.29 is 32.7 Å². The highest BCUT2D eigenvalue weighted by molar-refractivity contribution is 5.92. The van der Waals surface area contributed by atoms with E-state index in [2.05, 4.69) is 4.98 Å². The Morgan fingerprint density at radius 3 is 2.24 bits per heavy atom. The van der Waals surface area contributed by atoms with E-state index in [-0.39, 0.29) is 17.2 Å². The van der Waals surface area contributed by atoms with Gasteiger partial charge in [-0.15, -0.1) is 0 Å². The van der Waals surface area contributed by atoms with Crippen LogP contribution in [0.25, 0.3) is 0 Å². The number of amides is 2. The molecule has 2 aliphatic heterocycles. The van der Waals surface area contributed by atoms with Gasteiger partial charge in [-0.25, -0.2) is 9.78 Å². The summed E-state index contributed by atoms with van der Waals surface area (Å²) in [6, 6.07) is 5.56. The third-order valence-electron chi connectivity index (χ3n) is 5.33. The molecule has 0 aliphatic carbocycles. The molecule has 1 aromatic heterocycles. The molecule has 1 spiro atoms. The maximum absolute atomic E-state index is 12.5. The summed E-state index contributed by atoms with van der Waals surface area (Å²) in [7, 11) is 1.89. The predicted octanol–water partition coefficient (Wildman–Crippen LogP) is 2.50. The number of hydrogen-bond donors (Lipinski definition) is 1. The van der Waals surface area contributed by atoms with Crippen LogP contribution in [0.1, 0.15) is 41.9 Å². The van der Waals surface area contributed by atoms with E-state index in [4.69, 9.17) is 9.90 Å². The van der Waals surface area contributed by atoms with Crippen LogP contribution in [-0.4, -0.2) is 70.5 Å². The molecule has 0 unspecified atom stereocenters. The number of carbonyl (C=O) groups is 3. The predicted molar refractivity (Wildman–Crippen MR) is 97.1 cm³/mol. The number of rotatable bonds is 1. The molecular formula is C19H24F3N3O4. The normalized spacial score (nSPS) is 18.9. The smallest absolute Gasteiger partial charge is 0.475 e. The van der Waals surface area contributed by atoms with Crippen LogP contribution in [0.3, 0.4) is 0 Å². The van der Waals surface area contributed by atoms with Crippen LogP contribution >= 0.6 is 0 Å². The molecule has 0 radical (unpaired) electrons. The average molecular weight is 415 g/mol. The maximum Gasteiger partial charge on any atom is 0.490 e. The number of hydrogen-bond acceptors (Lipinski definition) is 4. The van der Waals surface area contributed by atoms with Crippen LogP contribution in [0.15, 0.2) is 18.2 Å². The minimum absolute atomic E-state index is 0.0267. The Bertz CT molecular complexity index is 774. The van der Waals surface area contributed by atoms with Crippen molar-refractivity contribution in [3.05, 3.63) is 29.6 Å². The van der Waals surface area contributed by atoms with Gasteiger partial charge in [-0.2, -0.15) is 13.2 Å². The molecule has 0 atom stereocenters. The highest BCUT2D eigenvalue weighted by atomic mass is 19.4. The first-order valence-electron chi connectivity index (χ1n) is 9.21. The molecule has 160 valence electrons. The zero-order valence-corrected chi connectivity index (χ0v) is 16.3. The second-order valence-corrected chi connectivity index (χ2v) is 7.51. The zero-order valence-electron chi connectivity index (χ0n) is 16.3. The number of aliphatic carboxylic acids is 1. The Hall–Kier alpha value is -2.65. The molecule has 29 heavy (non-hydrogen) atoms. The first-order valence-corrected chi connectivity index (χ1v) is 9.21. The average Bonchev–Trinajstić information content (AvgIpc) is 2.65. The van der Waals surface area contributed by atoms with Crippen molar-refractivity contribution in [1.29, 1.82) is 0 Å². The van der Waals surface area contributed by atoms with E-state index in [0.29, 0.717) is 12.1 Å². The minimum atomic E-state index is -5.08. The summed E-state index contributed by atoms with van der Waals surface area (Å²) in [5.74, 6) is -2.49. The van der Waals surface area contributed by atoms with Gasteiger partial charge in [0.1, 0.15) is 5.69 Å². The molecule has 0 saturated carbocycles. The molecule has 1 aromatic rings. The van der Waals surface area contributed by atoms with Gasteiger partial charge in [0.15, 0.2) is 0 Å².